The first-order valence-corrected chi connectivity index (χ1v) is 9.84. The summed E-state index contributed by atoms with van der Waals surface area (Å²) in [5.41, 5.74) is 0.996. The average molecular weight is 396 g/mol. The van der Waals surface area contributed by atoms with Gasteiger partial charge in [-0.15, -0.1) is 0 Å². The van der Waals surface area contributed by atoms with Gasteiger partial charge in [-0.3, -0.25) is 4.79 Å². The molecule has 28 heavy (non-hydrogen) atoms. The second kappa shape index (κ2) is 8.48. The van der Waals surface area contributed by atoms with Crippen LogP contribution in [0.15, 0.2) is 60.7 Å². The monoisotopic (exact) mass is 395 g/mol. The molecule has 0 saturated carbocycles. The zero-order valence-electron chi connectivity index (χ0n) is 15.6. The number of ether oxygens (including phenoxy) is 1. The number of pyridine rings is 1. The first kappa shape index (κ1) is 18.6. The van der Waals surface area contributed by atoms with E-state index in [1.807, 2.05) is 41.3 Å². The van der Waals surface area contributed by atoms with Crippen LogP contribution in [0.4, 0.5) is 5.82 Å². The van der Waals surface area contributed by atoms with E-state index in [1.54, 1.807) is 6.07 Å². The Morgan fingerprint density at radius 2 is 1.71 bits per heavy atom. The van der Waals surface area contributed by atoms with Gasteiger partial charge in [0.25, 0.3) is 0 Å². The van der Waals surface area contributed by atoms with E-state index in [-0.39, 0.29) is 5.91 Å². The van der Waals surface area contributed by atoms with Crippen LogP contribution in [-0.2, 0) is 4.79 Å². The molecule has 1 amide bonds. The summed E-state index contributed by atoms with van der Waals surface area (Å²) in [6.07, 6.45) is 0.347. The third-order valence-corrected chi connectivity index (χ3v) is 5.26. The highest BCUT2D eigenvalue weighted by Crippen LogP contribution is 2.23. The number of piperazine rings is 1. The van der Waals surface area contributed by atoms with Gasteiger partial charge in [0.1, 0.15) is 11.6 Å². The Bertz CT molecular complexity index is 971. The first-order valence-electron chi connectivity index (χ1n) is 9.46. The Balaban J connectivity index is 1.28. The van der Waals surface area contributed by atoms with Crippen LogP contribution in [0.5, 0.6) is 5.75 Å². The number of hydrogen-bond donors (Lipinski definition) is 0. The lowest BCUT2D eigenvalue weighted by atomic mass is 10.2. The normalized spacial score (nSPS) is 14.3. The molecule has 1 aliphatic heterocycles. The predicted octanol–water partition coefficient (Wildman–Crippen LogP) is 4.01. The van der Waals surface area contributed by atoms with Crippen molar-refractivity contribution in [2.45, 2.75) is 6.42 Å². The molecule has 144 valence electrons. The van der Waals surface area contributed by atoms with Gasteiger partial charge < -0.3 is 14.5 Å². The van der Waals surface area contributed by atoms with E-state index in [4.69, 9.17) is 21.3 Å². The summed E-state index contributed by atoms with van der Waals surface area (Å²) < 4.78 is 5.63. The Hall–Kier alpha value is -2.79. The smallest absolute Gasteiger partial charge is 0.226 e. The Morgan fingerprint density at radius 1 is 0.964 bits per heavy atom. The summed E-state index contributed by atoms with van der Waals surface area (Å²) in [6, 6.07) is 19.6. The minimum absolute atomic E-state index is 0.109. The first-order chi connectivity index (χ1) is 13.7. The molecule has 1 fully saturated rings. The predicted molar refractivity (Wildman–Crippen MR) is 112 cm³/mol. The minimum Gasteiger partial charge on any atom is -0.491 e. The highest BCUT2D eigenvalue weighted by Gasteiger charge is 2.22. The van der Waals surface area contributed by atoms with E-state index >= 15 is 0 Å². The summed E-state index contributed by atoms with van der Waals surface area (Å²) in [5, 5.41) is 1.70. The SMILES string of the molecule is O=C(CCOc1ccccc1Cl)N1CCN(c2ccc3ccccc3n2)CC1. The summed E-state index contributed by atoms with van der Waals surface area (Å²) >= 11 is 6.07. The molecule has 2 heterocycles. The second-order valence-electron chi connectivity index (χ2n) is 6.76. The fraction of sp³-hybridized carbons (Fsp3) is 0.273. The topological polar surface area (TPSA) is 45.7 Å². The molecule has 0 radical (unpaired) electrons. The molecule has 0 atom stereocenters. The van der Waals surface area contributed by atoms with Gasteiger partial charge >= 0.3 is 0 Å². The van der Waals surface area contributed by atoms with E-state index in [0.29, 0.717) is 36.9 Å². The zero-order valence-corrected chi connectivity index (χ0v) is 16.3. The van der Waals surface area contributed by atoms with E-state index < -0.39 is 0 Å². The van der Waals surface area contributed by atoms with Crippen molar-refractivity contribution in [3.63, 3.8) is 0 Å². The molecule has 0 spiro atoms. The highest BCUT2D eigenvalue weighted by molar-refractivity contribution is 6.32. The number of benzene rings is 2. The molecule has 1 aromatic heterocycles. The minimum atomic E-state index is 0.109. The maximum Gasteiger partial charge on any atom is 0.226 e. The quantitative estimate of drug-likeness (QED) is 0.655. The molecular formula is C22H22ClN3O2. The molecule has 0 N–H and O–H groups in total. The van der Waals surface area contributed by atoms with Crippen molar-refractivity contribution in [3.05, 3.63) is 65.7 Å². The molecule has 1 saturated heterocycles. The van der Waals surface area contributed by atoms with Crippen molar-refractivity contribution in [1.29, 1.82) is 0 Å². The number of carbonyl (C=O) groups is 1. The lowest BCUT2D eigenvalue weighted by Gasteiger charge is -2.35. The van der Waals surface area contributed by atoms with Crippen molar-refractivity contribution in [1.82, 2.24) is 9.88 Å². The van der Waals surface area contributed by atoms with Crippen LogP contribution >= 0.6 is 11.6 Å². The van der Waals surface area contributed by atoms with Gasteiger partial charge in [0.2, 0.25) is 5.91 Å². The molecule has 5 nitrogen and oxygen atoms in total. The zero-order chi connectivity index (χ0) is 19.3. The fourth-order valence-corrected chi connectivity index (χ4v) is 3.57. The van der Waals surface area contributed by atoms with Crippen molar-refractivity contribution in [2.24, 2.45) is 0 Å². The van der Waals surface area contributed by atoms with Crippen LogP contribution < -0.4 is 9.64 Å². The summed E-state index contributed by atoms with van der Waals surface area (Å²) in [5.74, 6) is 1.69. The number of rotatable bonds is 5. The van der Waals surface area contributed by atoms with Crippen LogP contribution in [0.2, 0.25) is 5.02 Å². The van der Waals surface area contributed by atoms with Gasteiger partial charge in [0.05, 0.1) is 23.6 Å². The van der Waals surface area contributed by atoms with Gasteiger partial charge in [-0.05, 0) is 30.3 Å². The van der Waals surface area contributed by atoms with Crippen molar-refractivity contribution < 1.29 is 9.53 Å². The van der Waals surface area contributed by atoms with Crippen molar-refractivity contribution in [2.75, 3.05) is 37.7 Å². The lowest BCUT2D eigenvalue weighted by molar-refractivity contribution is -0.132. The van der Waals surface area contributed by atoms with E-state index in [0.717, 1.165) is 29.8 Å². The number of halogens is 1. The number of nitrogens with zero attached hydrogens (tertiary/aromatic N) is 3. The van der Waals surface area contributed by atoms with E-state index in [9.17, 15) is 4.79 Å². The highest BCUT2D eigenvalue weighted by atomic mass is 35.5. The Kier molecular flexibility index (Phi) is 5.63. The van der Waals surface area contributed by atoms with Gasteiger partial charge in [-0.2, -0.15) is 0 Å². The van der Waals surface area contributed by atoms with Crippen LogP contribution in [0.25, 0.3) is 10.9 Å². The molecule has 0 unspecified atom stereocenters. The van der Waals surface area contributed by atoms with Crippen LogP contribution in [0.3, 0.4) is 0 Å². The van der Waals surface area contributed by atoms with Crippen LogP contribution in [-0.4, -0.2) is 48.6 Å². The van der Waals surface area contributed by atoms with Gasteiger partial charge in [0.15, 0.2) is 0 Å². The second-order valence-corrected chi connectivity index (χ2v) is 7.17. The lowest BCUT2D eigenvalue weighted by Crippen LogP contribution is -2.49. The maximum absolute atomic E-state index is 12.5. The number of amides is 1. The number of aromatic nitrogens is 1. The largest absolute Gasteiger partial charge is 0.491 e. The molecule has 2 aromatic carbocycles. The number of fused-ring (bicyclic) bond motifs is 1. The molecule has 4 rings (SSSR count). The van der Waals surface area contributed by atoms with Gasteiger partial charge in [-0.1, -0.05) is 41.9 Å². The molecule has 0 aliphatic carbocycles. The number of anilines is 1. The number of para-hydroxylation sites is 2. The summed E-state index contributed by atoms with van der Waals surface area (Å²) in [6.45, 7) is 3.28. The van der Waals surface area contributed by atoms with Gasteiger partial charge in [0, 0.05) is 31.6 Å². The molecule has 0 bridgehead atoms. The molecule has 6 heteroatoms. The van der Waals surface area contributed by atoms with Crippen molar-refractivity contribution >= 4 is 34.2 Å². The maximum atomic E-state index is 12.5. The van der Waals surface area contributed by atoms with E-state index in [1.165, 1.54) is 0 Å². The fourth-order valence-electron chi connectivity index (χ4n) is 3.38. The molecule has 1 aliphatic rings. The van der Waals surface area contributed by atoms with Crippen LogP contribution in [0, 0.1) is 0 Å². The molecular weight excluding hydrogens is 374 g/mol. The van der Waals surface area contributed by atoms with Crippen molar-refractivity contribution in [3.8, 4) is 5.75 Å². The Morgan fingerprint density at radius 3 is 2.54 bits per heavy atom. The third-order valence-electron chi connectivity index (χ3n) is 4.95. The molecule has 3 aromatic rings. The standard InChI is InChI=1S/C22H22ClN3O2/c23-18-6-2-4-8-20(18)28-16-11-22(27)26-14-12-25(13-15-26)21-10-9-17-5-1-3-7-19(17)24-21/h1-10H,11-16H2. The average Bonchev–Trinajstić information content (AvgIpc) is 2.75. The summed E-state index contributed by atoms with van der Waals surface area (Å²) in [4.78, 5) is 21.3. The Labute approximate surface area is 169 Å². The number of carbonyl (C=O) groups excluding carboxylic acids is 1. The van der Waals surface area contributed by atoms with Gasteiger partial charge in [-0.25, -0.2) is 4.98 Å². The third kappa shape index (κ3) is 4.20. The van der Waals surface area contributed by atoms with E-state index in [2.05, 4.69) is 23.1 Å². The van der Waals surface area contributed by atoms with Crippen LogP contribution in [0.1, 0.15) is 6.42 Å². The number of hydrogen-bond acceptors (Lipinski definition) is 4. The summed E-state index contributed by atoms with van der Waals surface area (Å²) in [7, 11) is 0.